The number of nitrogens with zero attached hydrogens (tertiary/aromatic N) is 1. The number of benzene rings is 1. The van der Waals surface area contributed by atoms with Gasteiger partial charge in [0.15, 0.2) is 0 Å². The Morgan fingerprint density at radius 1 is 1.20 bits per heavy atom. The first-order chi connectivity index (χ1) is 12.0. The number of pyridine rings is 1. The van der Waals surface area contributed by atoms with E-state index in [1.54, 1.807) is 36.4 Å². The molecule has 1 fully saturated rings. The number of carbonyl (C=O) groups excluding carboxylic acids is 2. The zero-order valence-electron chi connectivity index (χ0n) is 13.1. The average Bonchev–Trinajstić information content (AvgIpc) is 3.39. The number of aromatic nitrogens is 1. The number of ether oxygens (including phenoxy) is 1. The van der Waals surface area contributed by atoms with Gasteiger partial charge in [0.2, 0.25) is 0 Å². The molecule has 2 amide bonds. The van der Waals surface area contributed by atoms with Crippen LogP contribution in [0.3, 0.4) is 0 Å². The lowest BCUT2D eigenvalue weighted by Crippen LogP contribution is -2.30. The van der Waals surface area contributed by atoms with Gasteiger partial charge >= 0.3 is 12.0 Å². The lowest BCUT2D eigenvalue weighted by Gasteiger charge is -2.09. The molecule has 0 radical (unpaired) electrons. The van der Waals surface area contributed by atoms with Crippen LogP contribution in [0.5, 0.6) is 0 Å². The first-order valence-electron chi connectivity index (χ1n) is 7.67. The number of nitrogens with one attached hydrogen (secondary N) is 2. The summed E-state index contributed by atoms with van der Waals surface area (Å²) in [6.45, 7) is -0.0992. The average molecular weight is 380 g/mol. The fraction of sp³-hybridized carbons (Fsp3) is 0.235. The van der Waals surface area contributed by atoms with Crippen molar-refractivity contribution in [3.63, 3.8) is 0 Å². The van der Waals surface area contributed by atoms with Gasteiger partial charge in [-0.3, -0.25) is 0 Å². The number of hydrogen-bond acceptors (Lipinski definition) is 4. The van der Waals surface area contributed by atoms with Crippen LogP contribution in [0.4, 0.5) is 10.5 Å². The normalized spacial score (nSPS) is 13.2. The SMILES string of the molecule is O=C(Nc1cccc(C(=O)OCc2nc(Cl)ccc2Cl)c1)NC1CC1. The van der Waals surface area contributed by atoms with Crippen molar-refractivity contribution in [1.82, 2.24) is 10.3 Å². The maximum atomic E-state index is 12.2. The molecule has 0 saturated heterocycles. The molecule has 6 nitrogen and oxygen atoms in total. The van der Waals surface area contributed by atoms with E-state index in [9.17, 15) is 9.59 Å². The van der Waals surface area contributed by atoms with Crippen molar-refractivity contribution in [1.29, 1.82) is 0 Å². The van der Waals surface area contributed by atoms with Gasteiger partial charge in [-0.1, -0.05) is 29.3 Å². The number of hydrogen-bond donors (Lipinski definition) is 2. The van der Waals surface area contributed by atoms with Crippen molar-refractivity contribution in [2.75, 3.05) is 5.32 Å². The quantitative estimate of drug-likeness (QED) is 0.606. The molecule has 1 aromatic carbocycles. The molecule has 25 heavy (non-hydrogen) atoms. The number of rotatable bonds is 5. The fourth-order valence-electron chi connectivity index (χ4n) is 2.08. The Bertz CT molecular complexity index is 809. The molecule has 0 unspecified atom stereocenters. The van der Waals surface area contributed by atoms with Crippen LogP contribution in [0.1, 0.15) is 28.9 Å². The van der Waals surface area contributed by atoms with E-state index in [1.165, 1.54) is 0 Å². The summed E-state index contributed by atoms with van der Waals surface area (Å²) in [5, 5.41) is 6.13. The van der Waals surface area contributed by atoms with Crippen LogP contribution in [0.2, 0.25) is 10.2 Å². The molecule has 0 aliphatic heterocycles. The van der Waals surface area contributed by atoms with Crippen LogP contribution in [-0.4, -0.2) is 23.0 Å². The fourth-order valence-corrected chi connectivity index (χ4v) is 2.41. The van der Waals surface area contributed by atoms with Crippen molar-refractivity contribution in [2.45, 2.75) is 25.5 Å². The number of urea groups is 1. The minimum absolute atomic E-state index is 0.0992. The summed E-state index contributed by atoms with van der Waals surface area (Å²) in [6, 6.07) is 9.60. The van der Waals surface area contributed by atoms with Gasteiger partial charge in [-0.25, -0.2) is 14.6 Å². The van der Waals surface area contributed by atoms with Gasteiger partial charge in [-0.2, -0.15) is 0 Å². The summed E-state index contributed by atoms with van der Waals surface area (Å²) >= 11 is 11.8. The van der Waals surface area contributed by atoms with Crippen molar-refractivity contribution >= 4 is 40.9 Å². The first kappa shape index (κ1) is 17.5. The highest BCUT2D eigenvalue weighted by Gasteiger charge is 2.23. The van der Waals surface area contributed by atoms with Crippen LogP contribution in [0.25, 0.3) is 0 Å². The Morgan fingerprint density at radius 3 is 2.76 bits per heavy atom. The molecule has 0 spiro atoms. The van der Waals surface area contributed by atoms with Gasteiger partial charge in [0.25, 0.3) is 0 Å². The second-order valence-electron chi connectivity index (χ2n) is 5.59. The van der Waals surface area contributed by atoms with Crippen molar-refractivity contribution in [2.24, 2.45) is 0 Å². The molecule has 1 aliphatic rings. The van der Waals surface area contributed by atoms with Gasteiger partial charge in [-0.05, 0) is 43.2 Å². The Balaban J connectivity index is 1.60. The monoisotopic (exact) mass is 379 g/mol. The van der Waals surface area contributed by atoms with Crippen LogP contribution < -0.4 is 10.6 Å². The largest absolute Gasteiger partial charge is 0.456 e. The molecule has 1 aromatic heterocycles. The van der Waals surface area contributed by atoms with Crippen LogP contribution >= 0.6 is 23.2 Å². The zero-order valence-corrected chi connectivity index (χ0v) is 14.6. The Morgan fingerprint density at radius 2 is 2.00 bits per heavy atom. The highest BCUT2D eigenvalue weighted by molar-refractivity contribution is 6.32. The summed E-state index contributed by atoms with van der Waals surface area (Å²) in [6.07, 6.45) is 2.00. The van der Waals surface area contributed by atoms with Crippen molar-refractivity contribution in [3.8, 4) is 0 Å². The maximum Gasteiger partial charge on any atom is 0.338 e. The van der Waals surface area contributed by atoms with E-state index in [0.717, 1.165) is 12.8 Å². The molecule has 3 rings (SSSR count). The molecule has 1 aliphatic carbocycles. The smallest absolute Gasteiger partial charge is 0.338 e. The third-order valence-corrected chi connectivity index (χ3v) is 4.05. The molecular weight excluding hydrogens is 365 g/mol. The molecule has 0 bridgehead atoms. The van der Waals surface area contributed by atoms with E-state index in [-0.39, 0.29) is 23.8 Å². The minimum Gasteiger partial charge on any atom is -0.456 e. The van der Waals surface area contributed by atoms with Gasteiger partial charge in [0.05, 0.1) is 16.3 Å². The Hall–Kier alpha value is -2.31. The molecule has 0 atom stereocenters. The predicted molar refractivity (Wildman–Crippen MR) is 95.0 cm³/mol. The molecular formula is C17H15Cl2N3O3. The van der Waals surface area contributed by atoms with Gasteiger partial charge in [0.1, 0.15) is 11.8 Å². The zero-order chi connectivity index (χ0) is 17.8. The number of anilines is 1. The molecule has 1 heterocycles. The third kappa shape index (κ3) is 5.08. The van der Waals surface area contributed by atoms with Crippen LogP contribution in [0, 0.1) is 0 Å². The van der Waals surface area contributed by atoms with Gasteiger partial charge < -0.3 is 15.4 Å². The highest BCUT2D eigenvalue weighted by atomic mass is 35.5. The second kappa shape index (κ2) is 7.72. The van der Waals surface area contributed by atoms with E-state index in [4.69, 9.17) is 27.9 Å². The number of amides is 2. The second-order valence-corrected chi connectivity index (χ2v) is 6.39. The van der Waals surface area contributed by atoms with Crippen molar-refractivity contribution in [3.05, 3.63) is 57.8 Å². The standard InChI is InChI=1S/C17H15Cl2N3O3/c18-13-6-7-15(19)22-14(13)9-25-16(23)10-2-1-3-12(8-10)21-17(24)20-11-4-5-11/h1-3,6-8,11H,4-5,9H2,(H2,20,21,24). The van der Waals surface area contributed by atoms with E-state index in [2.05, 4.69) is 15.6 Å². The predicted octanol–water partition coefficient (Wildman–Crippen LogP) is 4.03. The van der Waals surface area contributed by atoms with E-state index in [1.807, 2.05) is 0 Å². The summed E-state index contributed by atoms with van der Waals surface area (Å²) in [4.78, 5) is 28.0. The van der Waals surface area contributed by atoms with Gasteiger partial charge in [-0.15, -0.1) is 0 Å². The summed E-state index contributed by atoms with van der Waals surface area (Å²) < 4.78 is 5.21. The summed E-state index contributed by atoms with van der Waals surface area (Å²) in [5.74, 6) is -0.552. The van der Waals surface area contributed by atoms with Crippen molar-refractivity contribution < 1.29 is 14.3 Å². The lowest BCUT2D eigenvalue weighted by atomic mass is 10.2. The molecule has 2 aromatic rings. The number of halogens is 2. The summed E-state index contributed by atoms with van der Waals surface area (Å²) in [7, 11) is 0. The van der Waals surface area contributed by atoms with E-state index < -0.39 is 5.97 Å². The van der Waals surface area contributed by atoms with Crippen LogP contribution in [0.15, 0.2) is 36.4 Å². The third-order valence-electron chi connectivity index (χ3n) is 3.49. The molecule has 1 saturated carbocycles. The van der Waals surface area contributed by atoms with E-state index in [0.29, 0.717) is 22.0 Å². The van der Waals surface area contributed by atoms with E-state index >= 15 is 0 Å². The highest BCUT2D eigenvalue weighted by Crippen LogP contribution is 2.20. The lowest BCUT2D eigenvalue weighted by molar-refractivity contribution is 0.0468. The molecule has 8 heteroatoms. The Labute approximate surface area is 154 Å². The molecule has 2 N–H and O–H groups in total. The topological polar surface area (TPSA) is 80.3 Å². The number of esters is 1. The minimum atomic E-state index is -0.552. The Kier molecular flexibility index (Phi) is 5.40. The van der Waals surface area contributed by atoms with Gasteiger partial charge in [0, 0.05) is 11.7 Å². The first-order valence-corrected chi connectivity index (χ1v) is 8.42. The molecule has 130 valence electrons. The summed E-state index contributed by atoms with van der Waals surface area (Å²) in [5.41, 5.74) is 1.19. The van der Waals surface area contributed by atoms with Crippen LogP contribution in [-0.2, 0) is 11.3 Å². The maximum absolute atomic E-state index is 12.2. The number of carbonyl (C=O) groups is 2.